The van der Waals surface area contributed by atoms with E-state index in [0.29, 0.717) is 40.1 Å². The number of rotatable bonds is 5. The third kappa shape index (κ3) is 4.25. The molecule has 2 N–H and O–H groups in total. The van der Waals surface area contributed by atoms with Crippen molar-refractivity contribution in [3.05, 3.63) is 56.7 Å². The molecule has 0 aliphatic carbocycles. The topological polar surface area (TPSA) is 88.6 Å². The molecule has 1 aliphatic heterocycles. The van der Waals surface area contributed by atoms with E-state index in [4.69, 9.17) is 32.4 Å². The van der Waals surface area contributed by atoms with Gasteiger partial charge in [0.2, 0.25) is 0 Å². The minimum absolute atomic E-state index is 0.147. The minimum atomic E-state index is -0.551. The van der Waals surface area contributed by atoms with Gasteiger partial charge in [0.15, 0.2) is 10.8 Å². The van der Waals surface area contributed by atoms with E-state index in [1.165, 1.54) is 11.3 Å². The number of hydrogen-bond donors (Lipinski definition) is 2. The van der Waals surface area contributed by atoms with Crippen molar-refractivity contribution in [1.82, 2.24) is 10.2 Å². The molecule has 1 saturated heterocycles. The van der Waals surface area contributed by atoms with Gasteiger partial charge in [0.1, 0.15) is 5.01 Å². The summed E-state index contributed by atoms with van der Waals surface area (Å²) in [6.45, 7) is -0.147. The van der Waals surface area contributed by atoms with Crippen molar-refractivity contribution in [3.8, 4) is 10.8 Å². The quantitative estimate of drug-likeness (QED) is 0.615. The summed E-state index contributed by atoms with van der Waals surface area (Å²) in [5.41, 5.74) is 1.58. The number of aliphatic hydroxyl groups is 2. The lowest BCUT2D eigenvalue weighted by atomic mass is 9.94. The summed E-state index contributed by atoms with van der Waals surface area (Å²) >= 11 is 14.2. The van der Waals surface area contributed by atoms with Crippen molar-refractivity contribution < 1.29 is 19.4 Å². The summed E-state index contributed by atoms with van der Waals surface area (Å²) in [4.78, 5) is 0. The van der Waals surface area contributed by atoms with Crippen molar-refractivity contribution in [3.63, 3.8) is 0 Å². The van der Waals surface area contributed by atoms with Crippen molar-refractivity contribution >= 4 is 34.5 Å². The van der Waals surface area contributed by atoms with Gasteiger partial charge in [-0.15, -0.1) is 10.2 Å². The van der Waals surface area contributed by atoms with Gasteiger partial charge in [-0.25, -0.2) is 0 Å². The Hall–Kier alpha value is -1.48. The van der Waals surface area contributed by atoms with E-state index >= 15 is 0 Å². The first-order valence-corrected chi connectivity index (χ1v) is 10.4. The first-order chi connectivity index (χ1) is 13.5. The van der Waals surface area contributed by atoms with Gasteiger partial charge in [0, 0.05) is 29.3 Å². The fraction of sp³-hybridized carbons (Fsp3) is 0.368. The van der Waals surface area contributed by atoms with Gasteiger partial charge in [-0.2, -0.15) is 0 Å². The second-order valence-electron chi connectivity index (χ2n) is 6.67. The molecular weight excluding hydrogens is 423 g/mol. The van der Waals surface area contributed by atoms with Crippen molar-refractivity contribution in [2.75, 3.05) is 6.61 Å². The second kappa shape index (κ2) is 8.49. The van der Waals surface area contributed by atoms with E-state index in [2.05, 4.69) is 10.2 Å². The second-order valence-corrected chi connectivity index (χ2v) is 8.55. The lowest BCUT2D eigenvalue weighted by Crippen LogP contribution is -2.33. The number of aromatic nitrogens is 2. The molecular formula is C19H18Cl2N2O4S. The lowest BCUT2D eigenvalue weighted by molar-refractivity contribution is -0.113. The van der Waals surface area contributed by atoms with Crippen molar-refractivity contribution in [2.24, 2.45) is 0 Å². The van der Waals surface area contributed by atoms with Gasteiger partial charge in [0.25, 0.3) is 0 Å². The summed E-state index contributed by atoms with van der Waals surface area (Å²) in [6, 6.07) is 7.20. The first kappa shape index (κ1) is 19.8. The number of halogens is 2. The minimum Gasteiger partial charge on any atom is -0.462 e. The van der Waals surface area contributed by atoms with E-state index in [1.807, 2.05) is 12.1 Å². The highest BCUT2D eigenvalue weighted by Crippen LogP contribution is 2.38. The summed E-state index contributed by atoms with van der Waals surface area (Å²) in [7, 11) is 0. The van der Waals surface area contributed by atoms with E-state index in [0.717, 1.165) is 16.1 Å². The Bertz CT molecular complexity index is 948. The lowest BCUT2D eigenvalue weighted by Gasteiger charge is -2.33. The van der Waals surface area contributed by atoms with E-state index in [1.54, 1.807) is 18.4 Å². The molecule has 3 heterocycles. The maximum Gasteiger partial charge on any atom is 0.183 e. The average molecular weight is 441 g/mol. The van der Waals surface area contributed by atoms with Gasteiger partial charge in [-0.3, -0.25) is 0 Å². The smallest absolute Gasteiger partial charge is 0.183 e. The van der Waals surface area contributed by atoms with Crippen LogP contribution in [0.2, 0.25) is 10.0 Å². The number of aliphatic hydroxyl groups excluding tert-OH is 2. The van der Waals surface area contributed by atoms with Crippen LogP contribution < -0.4 is 0 Å². The molecule has 0 amide bonds. The third-order valence-corrected chi connectivity index (χ3v) is 6.25. The van der Waals surface area contributed by atoms with Crippen LogP contribution in [0.25, 0.3) is 10.8 Å². The Kier molecular flexibility index (Phi) is 6.01. The zero-order valence-corrected chi connectivity index (χ0v) is 17.0. The number of hydrogen-bond acceptors (Lipinski definition) is 7. The van der Waals surface area contributed by atoms with Crippen LogP contribution in [-0.4, -0.2) is 39.2 Å². The zero-order chi connectivity index (χ0) is 19.7. The predicted molar refractivity (Wildman–Crippen MR) is 107 cm³/mol. The molecule has 1 aromatic carbocycles. The Balaban J connectivity index is 1.59. The molecule has 9 heteroatoms. The van der Waals surface area contributed by atoms with Crippen LogP contribution in [0.3, 0.4) is 0 Å². The monoisotopic (exact) mass is 440 g/mol. The molecule has 3 atom stereocenters. The molecule has 148 valence electrons. The maximum atomic E-state index is 10.1. The van der Waals surface area contributed by atoms with Gasteiger partial charge in [-0.1, -0.05) is 34.5 Å². The molecule has 1 fully saturated rings. The molecule has 0 spiro atoms. The van der Waals surface area contributed by atoms with E-state index in [-0.39, 0.29) is 6.61 Å². The molecule has 0 radical (unpaired) electrons. The van der Waals surface area contributed by atoms with Crippen LogP contribution in [0, 0.1) is 0 Å². The maximum absolute atomic E-state index is 10.1. The Morgan fingerprint density at radius 3 is 2.79 bits per heavy atom. The van der Waals surface area contributed by atoms with Crippen LogP contribution in [-0.2, 0) is 11.2 Å². The largest absolute Gasteiger partial charge is 0.462 e. The number of ether oxygens (including phenoxy) is 1. The Morgan fingerprint density at radius 2 is 2.04 bits per heavy atom. The molecule has 2 aromatic heterocycles. The molecule has 28 heavy (non-hydrogen) atoms. The van der Waals surface area contributed by atoms with Crippen LogP contribution in [0.5, 0.6) is 0 Å². The highest BCUT2D eigenvalue weighted by Gasteiger charge is 2.30. The summed E-state index contributed by atoms with van der Waals surface area (Å²) in [5, 5.41) is 30.4. The van der Waals surface area contributed by atoms with E-state index < -0.39 is 18.3 Å². The SMILES string of the molecule is OCC1CC(O)CC(c2cc(Cc3nnc(-c4ccco4)s3)c(Cl)cc2Cl)O1. The Morgan fingerprint density at radius 1 is 1.18 bits per heavy atom. The number of nitrogens with zero attached hydrogens (tertiary/aromatic N) is 2. The van der Waals surface area contributed by atoms with Crippen LogP contribution in [0.15, 0.2) is 34.9 Å². The predicted octanol–water partition coefficient (Wildman–Crippen LogP) is 4.27. The zero-order valence-electron chi connectivity index (χ0n) is 14.7. The van der Waals surface area contributed by atoms with Crippen LogP contribution in [0.4, 0.5) is 0 Å². The molecule has 0 saturated carbocycles. The Labute approximate surface area is 175 Å². The molecule has 4 rings (SSSR count). The van der Waals surface area contributed by atoms with Gasteiger partial charge >= 0.3 is 0 Å². The summed E-state index contributed by atoms with van der Waals surface area (Å²) < 4.78 is 11.3. The van der Waals surface area contributed by atoms with Crippen molar-refractivity contribution in [2.45, 2.75) is 37.6 Å². The normalized spacial score (nSPS) is 22.5. The van der Waals surface area contributed by atoms with Gasteiger partial charge in [-0.05, 0) is 35.4 Å². The fourth-order valence-electron chi connectivity index (χ4n) is 3.29. The summed E-state index contributed by atoms with van der Waals surface area (Å²) in [5.74, 6) is 0.672. The summed E-state index contributed by atoms with van der Waals surface area (Å²) in [6.07, 6.45) is 1.53. The van der Waals surface area contributed by atoms with Gasteiger partial charge < -0.3 is 19.4 Å². The van der Waals surface area contributed by atoms with Crippen LogP contribution in [0.1, 0.15) is 35.1 Å². The van der Waals surface area contributed by atoms with Gasteiger partial charge in [0.05, 0.1) is 31.2 Å². The number of furan rings is 1. The molecule has 1 aliphatic rings. The standard InChI is InChI=1S/C19H18Cl2N2O4S/c20-14-8-15(21)13(17-7-11(25)6-12(9-24)27-17)4-10(14)5-18-22-23-19(28-18)16-2-1-3-26-16/h1-4,8,11-12,17,24-25H,5-7,9H2. The fourth-order valence-corrected chi connectivity index (χ4v) is 4.69. The third-order valence-electron chi connectivity index (χ3n) is 4.63. The molecule has 6 nitrogen and oxygen atoms in total. The molecule has 3 unspecified atom stereocenters. The highest BCUT2D eigenvalue weighted by molar-refractivity contribution is 7.14. The average Bonchev–Trinajstić information content (AvgIpc) is 3.35. The van der Waals surface area contributed by atoms with E-state index in [9.17, 15) is 10.2 Å². The molecule has 0 bridgehead atoms. The number of benzene rings is 1. The molecule has 3 aromatic rings. The first-order valence-electron chi connectivity index (χ1n) is 8.82. The van der Waals surface area contributed by atoms with Crippen molar-refractivity contribution in [1.29, 1.82) is 0 Å². The highest BCUT2D eigenvalue weighted by atomic mass is 35.5. The van der Waals surface area contributed by atoms with Crippen LogP contribution >= 0.6 is 34.5 Å².